The van der Waals surface area contributed by atoms with Gasteiger partial charge in [-0.15, -0.1) is 0 Å². The number of nitrogens with one attached hydrogen (secondary N) is 2. The zero-order chi connectivity index (χ0) is 15.1. The fraction of sp³-hybridized carbons (Fsp3) is 0.438. The summed E-state index contributed by atoms with van der Waals surface area (Å²) in [6.07, 6.45) is 4.20. The summed E-state index contributed by atoms with van der Waals surface area (Å²) in [6.45, 7) is 2.65. The van der Waals surface area contributed by atoms with Crippen LogP contribution in [0.4, 0.5) is 0 Å². The molecule has 0 fully saturated rings. The van der Waals surface area contributed by atoms with E-state index in [1.165, 1.54) is 18.4 Å². The Bertz CT molecular complexity index is 535. The van der Waals surface area contributed by atoms with Gasteiger partial charge in [0.05, 0.1) is 0 Å². The summed E-state index contributed by atoms with van der Waals surface area (Å²) in [6, 6.07) is 8.29. The number of benzene rings is 1. The van der Waals surface area contributed by atoms with Gasteiger partial charge in [-0.2, -0.15) is 5.10 Å². The number of hydrogen-bond donors (Lipinski definition) is 2. The minimum absolute atomic E-state index is 0.144. The molecule has 0 unspecified atom stereocenters. The molecule has 1 aromatic carbocycles. The van der Waals surface area contributed by atoms with Crippen molar-refractivity contribution >= 4 is 17.5 Å². The van der Waals surface area contributed by atoms with Crippen LogP contribution < -0.4 is 10.7 Å². The number of amides is 2. The summed E-state index contributed by atoms with van der Waals surface area (Å²) in [7, 11) is 0. The summed E-state index contributed by atoms with van der Waals surface area (Å²) < 4.78 is 0. The van der Waals surface area contributed by atoms with E-state index >= 15 is 0 Å². The Morgan fingerprint density at radius 3 is 2.57 bits per heavy atom. The largest absolute Gasteiger partial charge is 0.347 e. The van der Waals surface area contributed by atoms with E-state index in [4.69, 9.17) is 0 Å². The highest BCUT2D eigenvalue weighted by atomic mass is 16.2. The Hall–Kier alpha value is -2.17. The van der Waals surface area contributed by atoms with Crippen molar-refractivity contribution in [3.05, 3.63) is 35.4 Å². The molecule has 2 N–H and O–H groups in total. The third kappa shape index (κ3) is 4.70. The van der Waals surface area contributed by atoms with E-state index in [0.29, 0.717) is 25.1 Å². The van der Waals surface area contributed by atoms with Crippen molar-refractivity contribution in [3.63, 3.8) is 0 Å². The van der Waals surface area contributed by atoms with Crippen molar-refractivity contribution in [1.82, 2.24) is 10.7 Å². The molecule has 0 bridgehead atoms. The SMILES string of the molecule is CCCCc1ccc(CNC(=O)C2=NNC(=O)CC2)cc1. The molecule has 1 aliphatic rings. The Morgan fingerprint density at radius 1 is 1.24 bits per heavy atom. The van der Waals surface area contributed by atoms with Gasteiger partial charge in [0, 0.05) is 19.4 Å². The molecule has 1 aliphatic heterocycles. The fourth-order valence-electron chi connectivity index (χ4n) is 2.13. The minimum Gasteiger partial charge on any atom is -0.347 e. The summed E-state index contributed by atoms with van der Waals surface area (Å²) in [5.74, 6) is -0.362. The van der Waals surface area contributed by atoms with Crippen LogP contribution in [0, 0.1) is 0 Å². The lowest BCUT2D eigenvalue weighted by Gasteiger charge is -2.12. The number of hydrogen-bond acceptors (Lipinski definition) is 3. The molecule has 112 valence electrons. The molecular formula is C16H21N3O2. The van der Waals surface area contributed by atoms with Crippen molar-refractivity contribution in [1.29, 1.82) is 0 Å². The van der Waals surface area contributed by atoms with Gasteiger partial charge in [0.1, 0.15) is 5.71 Å². The summed E-state index contributed by atoms with van der Waals surface area (Å²) in [4.78, 5) is 22.9. The van der Waals surface area contributed by atoms with Crippen molar-refractivity contribution in [2.24, 2.45) is 5.10 Å². The van der Waals surface area contributed by atoms with Crippen molar-refractivity contribution in [2.45, 2.75) is 45.6 Å². The van der Waals surface area contributed by atoms with Crippen LogP contribution in [0.15, 0.2) is 29.4 Å². The first-order valence-electron chi connectivity index (χ1n) is 7.40. The third-order valence-corrected chi connectivity index (χ3v) is 3.46. The predicted octanol–water partition coefficient (Wildman–Crippen LogP) is 1.91. The van der Waals surface area contributed by atoms with Gasteiger partial charge in [-0.05, 0) is 24.0 Å². The normalized spacial score (nSPS) is 14.3. The molecule has 0 saturated heterocycles. The highest BCUT2D eigenvalue weighted by molar-refractivity contribution is 6.39. The van der Waals surface area contributed by atoms with Gasteiger partial charge in [0.2, 0.25) is 5.91 Å². The molecule has 0 saturated carbocycles. The predicted molar refractivity (Wildman–Crippen MR) is 81.7 cm³/mol. The number of rotatable bonds is 6. The number of carbonyl (C=O) groups excluding carboxylic acids is 2. The maximum Gasteiger partial charge on any atom is 0.267 e. The van der Waals surface area contributed by atoms with E-state index in [1.807, 2.05) is 12.1 Å². The van der Waals surface area contributed by atoms with Crippen molar-refractivity contribution < 1.29 is 9.59 Å². The minimum atomic E-state index is -0.218. The van der Waals surface area contributed by atoms with Crippen LogP contribution in [0.5, 0.6) is 0 Å². The summed E-state index contributed by atoms with van der Waals surface area (Å²) in [5, 5.41) is 6.60. The molecule has 0 atom stereocenters. The van der Waals surface area contributed by atoms with E-state index in [0.717, 1.165) is 12.0 Å². The van der Waals surface area contributed by atoms with E-state index in [2.05, 4.69) is 34.9 Å². The number of hydrazone groups is 1. The standard InChI is InChI=1S/C16H21N3O2/c1-2-3-4-12-5-7-13(8-6-12)11-17-16(21)14-9-10-15(20)19-18-14/h5-8H,2-4,9-11H2,1H3,(H,17,21)(H,19,20). The van der Waals surface area contributed by atoms with Gasteiger partial charge in [0.25, 0.3) is 5.91 Å². The van der Waals surface area contributed by atoms with Gasteiger partial charge in [0.15, 0.2) is 0 Å². The average molecular weight is 287 g/mol. The topological polar surface area (TPSA) is 70.6 Å². The molecule has 0 spiro atoms. The highest BCUT2D eigenvalue weighted by Crippen LogP contribution is 2.08. The Balaban J connectivity index is 1.82. The lowest BCUT2D eigenvalue weighted by Crippen LogP contribution is -2.36. The highest BCUT2D eigenvalue weighted by Gasteiger charge is 2.17. The van der Waals surface area contributed by atoms with E-state index < -0.39 is 0 Å². The van der Waals surface area contributed by atoms with Crippen LogP contribution in [0.25, 0.3) is 0 Å². The molecule has 2 amide bonds. The molecular weight excluding hydrogens is 266 g/mol. The zero-order valence-electron chi connectivity index (χ0n) is 12.3. The molecule has 0 aromatic heterocycles. The number of aryl methyl sites for hydroxylation is 1. The summed E-state index contributed by atoms with van der Waals surface area (Å²) in [5.41, 5.74) is 5.09. The fourth-order valence-corrected chi connectivity index (χ4v) is 2.13. The molecule has 0 aliphatic carbocycles. The Kier molecular flexibility index (Phi) is 5.49. The van der Waals surface area contributed by atoms with E-state index in [9.17, 15) is 9.59 Å². The van der Waals surface area contributed by atoms with Gasteiger partial charge in [-0.1, -0.05) is 37.6 Å². The molecule has 1 heterocycles. The zero-order valence-corrected chi connectivity index (χ0v) is 12.3. The van der Waals surface area contributed by atoms with E-state index in [1.54, 1.807) is 0 Å². The van der Waals surface area contributed by atoms with Gasteiger partial charge in [-0.3, -0.25) is 9.59 Å². The maximum absolute atomic E-state index is 11.9. The lowest BCUT2D eigenvalue weighted by atomic mass is 10.1. The second kappa shape index (κ2) is 7.57. The second-order valence-electron chi connectivity index (χ2n) is 5.20. The van der Waals surface area contributed by atoms with Crippen LogP contribution in [-0.4, -0.2) is 17.5 Å². The summed E-state index contributed by atoms with van der Waals surface area (Å²) >= 11 is 0. The van der Waals surface area contributed by atoms with Crippen LogP contribution in [0.1, 0.15) is 43.7 Å². The first-order chi connectivity index (χ1) is 10.2. The molecule has 2 rings (SSSR count). The molecule has 0 radical (unpaired) electrons. The van der Waals surface area contributed by atoms with Gasteiger partial charge >= 0.3 is 0 Å². The molecule has 1 aromatic rings. The first-order valence-corrected chi connectivity index (χ1v) is 7.40. The Morgan fingerprint density at radius 2 is 1.95 bits per heavy atom. The van der Waals surface area contributed by atoms with Crippen LogP contribution in [-0.2, 0) is 22.6 Å². The number of unbranched alkanes of at least 4 members (excludes halogenated alkanes) is 1. The quantitative estimate of drug-likeness (QED) is 0.839. The van der Waals surface area contributed by atoms with Crippen molar-refractivity contribution in [2.75, 3.05) is 0 Å². The van der Waals surface area contributed by atoms with Crippen LogP contribution in [0.2, 0.25) is 0 Å². The van der Waals surface area contributed by atoms with Crippen molar-refractivity contribution in [3.8, 4) is 0 Å². The molecule has 5 heteroatoms. The van der Waals surface area contributed by atoms with Gasteiger partial charge in [-0.25, -0.2) is 5.43 Å². The monoisotopic (exact) mass is 287 g/mol. The van der Waals surface area contributed by atoms with Crippen LogP contribution in [0.3, 0.4) is 0 Å². The lowest BCUT2D eigenvalue weighted by molar-refractivity contribution is -0.121. The maximum atomic E-state index is 11.9. The van der Waals surface area contributed by atoms with Gasteiger partial charge < -0.3 is 5.32 Å². The first kappa shape index (κ1) is 15.2. The van der Waals surface area contributed by atoms with Crippen LogP contribution >= 0.6 is 0 Å². The number of nitrogens with zero attached hydrogens (tertiary/aromatic N) is 1. The second-order valence-corrected chi connectivity index (χ2v) is 5.20. The smallest absolute Gasteiger partial charge is 0.267 e. The Labute approximate surface area is 124 Å². The van der Waals surface area contributed by atoms with E-state index in [-0.39, 0.29) is 11.8 Å². The average Bonchev–Trinajstić information content (AvgIpc) is 2.52. The third-order valence-electron chi connectivity index (χ3n) is 3.46. The molecule has 5 nitrogen and oxygen atoms in total. The number of carbonyl (C=O) groups is 2. The molecule has 21 heavy (non-hydrogen) atoms.